The predicted molar refractivity (Wildman–Crippen MR) is 155 cm³/mol. The summed E-state index contributed by atoms with van der Waals surface area (Å²) in [5, 5.41) is 9.41. The van der Waals surface area contributed by atoms with Gasteiger partial charge in [0.2, 0.25) is 0 Å². The zero-order valence-electron chi connectivity index (χ0n) is 23.7. The molecule has 3 atom stereocenters. The molecule has 1 heterocycles. The van der Waals surface area contributed by atoms with Gasteiger partial charge in [0.1, 0.15) is 23.9 Å². The van der Waals surface area contributed by atoms with Crippen LogP contribution in [0.3, 0.4) is 0 Å². The Morgan fingerprint density at radius 1 is 0.975 bits per heavy atom. The van der Waals surface area contributed by atoms with E-state index in [9.17, 15) is 9.90 Å². The monoisotopic (exact) mass is 545 g/mol. The zero-order valence-corrected chi connectivity index (χ0v) is 23.7. The van der Waals surface area contributed by atoms with E-state index in [0.717, 1.165) is 60.2 Å². The van der Waals surface area contributed by atoms with Gasteiger partial charge >= 0.3 is 5.97 Å². The van der Waals surface area contributed by atoms with Crippen LogP contribution >= 0.6 is 0 Å². The van der Waals surface area contributed by atoms with Crippen molar-refractivity contribution < 1.29 is 23.8 Å². The topological polar surface area (TPSA) is 59.0 Å². The number of hydrogen-bond acceptors (Lipinski definition) is 4. The average Bonchev–Trinajstić information content (AvgIpc) is 3.79. The van der Waals surface area contributed by atoms with Gasteiger partial charge in [-0.15, -0.1) is 0 Å². The summed E-state index contributed by atoms with van der Waals surface area (Å²) >= 11 is 0. The fourth-order valence-electron chi connectivity index (χ4n) is 6.20. The molecule has 3 aromatic carbocycles. The predicted octanol–water partition coefficient (Wildman–Crippen LogP) is 7.81. The molecule has 2 fully saturated rings. The molecule has 0 unspecified atom stereocenters. The SMILES string of the molecule is COc1ccc(F)c(-c2ccc(COc3cccc([C@@H](CC(=O)O)C4CC4)c3)cc2CN2[C@H](C)CCC[C@H]2C)c1. The molecule has 0 aromatic heterocycles. The molecule has 0 radical (unpaired) electrons. The molecule has 1 N–H and O–H groups in total. The standard InChI is InChI=1S/C34H40FNO4/c1-22-6-4-7-23(2)36(22)20-27-16-24(10-14-30(27)32-18-28(39-3)13-15-33(32)35)21-40-29-9-5-8-26(17-29)31(19-34(37)38)25-11-12-25/h5,8-10,13-18,22-23,25,31H,4,6-7,11-12,19-21H2,1-3H3,(H,37,38)/t22-,23-,31+/m1/s1. The first-order chi connectivity index (χ1) is 19.3. The molecule has 0 bridgehead atoms. The minimum atomic E-state index is -0.763. The Bertz CT molecular complexity index is 1330. The molecular formula is C34H40FNO4. The van der Waals surface area contributed by atoms with Gasteiger partial charge < -0.3 is 14.6 Å². The number of hydrogen-bond donors (Lipinski definition) is 1. The van der Waals surface area contributed by atoms with E-state index in [1.165, 1.54) is 12.5 Å². The average molecular weight is 546 g/mol. The minimum Gasteiger partial charge on any atom is -0.497 e. The molecule has 0 spiro atoms. The van der Waals surface area contributed by atoms with E-state index >= 15 is 4.39 Å². The highest BCUT2D eigenvalue weighted by Crippen LogP contribution is 2.45. The maximum atomic E-state index is 15.1. The molecular weight excluding hydrogens is 505 g/mol. The Hall–Kier alpha value is -3.38. The lowest BCUT2D eigenvalue weighted by molar-refractivity contribution is -0.137. The quantitative estimate of drug-likeness (QED) is 0.266. The summed E-state index contributed by atoms with van der Waals surface area (Å²) in [5.74, 6) is 0.795. The smallest absolute Gasteiger partial charge is 0.303 e. The lowest BCUT2D eigenvalue weighted by Gasteiger charge is -2.39. The van der Waals surface area contributed by atoms with Gasteiger partial charge in [0.05, 0.1) is 13.5 Å². The van der Waals surface area contributed by atoms with Crippen LogP contribution in [0.25, 0.3) is 11.1 Å². The van der Waals surface area contributed by atoms with Gasteiger partial charge in [-0.1, -0.05) is 36.8 Å². The van der Waals surface area contributed by atoms with Gasteiger partial charge in [0.15, 0.2) is 0 Å². The summed E-state index contributed by atoms with van der Waals surface area (Å²) in [6, 6.07) is 19.8. The van der Waals surface area contributed by atoms with Crippen molar-refractivity contribution in [3.05, 3.63) is 83.2 Å². The fourth-order valence-corrected chi connectivity index (χ4v) is 6.20. The number of halogens is 1. The molecule has 6 heteroatoms. The van der Waals surface area contributed by atoms with Crippen LogP contribution in [-0.4, -0.2) is 35.2 Å². The Morgan fingerprint density at radius 3 is 2.45 bits per heavy atom. The number of piperidine rings is 1. The van der Waals surface area contributed by atoms with Crippen LogP contribution in [0.5, 0.6) is 11.5 Å². The number of ether oxygens (including phenoxy) is 2. The molecule has 0 amide bonds. The van der Waals surface area contributed by atoms with E-state index in [4.69, 9.17) is 9.47 Å². The highest BCUT2D eigenvalue weighted by molar-refractivity contribution is 5.70. The number of rotatable bonds is 11. The Kier molecular flexibility index (Phi) is 8.75. The van der Waals surface area contributed by atoms with E-state index in [1.807, 2.05) is 36.4 Å². The van der Waals surface area contributed by atoms with Crippen molar-refractivity contribution in [1.29, 1.82) is 0 Å². The number of likely N-dealkylation sites (tertiary alicyclic amines) is 1. The molecule has 3 aromatic rings. The number of carboxylic acid groups (broad SMARTS) is 1. The fraction of sp³-hybridized carbons (Fsp3) is 0.441. The first-order valence-electron chi connectivity index (χ1n) is 14.5. The van der Waals surface area contributed by atoms with Crippen molar-refractivity contribution in [3.8, 4) is 22.6 Å². The molecule has 1 aliphatic carbocycles. The highest BCUT2D eigenvalue weighted by atomic mass is 19.1. The van der Waals surface area contributed by atoms with Crippen LogP contribution in [0.4, 0.5) is 4.39 Å². The van der Waals surface area contributed by atoms with Crippen LogP contribution in [0.2, 0.25) is 0 Å². The molecule has 1 aliphatic heterocycles. The van der Waals surface area contributed by atoms with Gasteiger partial charge in [-0.25, -0.2) is 4.39 Å². The van der Waals surface area contributed by atoms with Crippen molar-refractivity contribution in [2.45, 2.75) is 83.5 Å². The van der Waals surface area contributed by atoms with E-state index in [-0.39, 0.29) is 18.2 Å². The maximum Gasteiger partial charge on any atom is 0.303 e. The van der Waals surface area contributed by atoms with Gasteiger partial charge in [0.25, 0.3) is 0 Å². The van der Waals surface area contributed by atoms with Crippen LogP contribution in [-0.2, 0) is 17.9 Å². The second kappa shape index (κ2) is 12.4. The van der Waals surface area contributed by atoms with Crippen molar-refractivity contribution in [2.75, 3.05) is 7.11 Å². The van der Waals surface area contributed by atoms with Crippen molar-refractivity contribution >= 4 is 5.97 Å². The number of carbonyl (C=O) groups is 1. The zero-order chi connectivity index (χ0) is 28.2. The van der Waals surface area contributed by atoms with Gasteiger partial charge in [0, 0.05) is 24.2 Å². The minimum absolute atomic E-state index is 0.0261. The van der Waals surface area contributed by atoms with E-state index in [2.05, 4.69) is 24.8 Å². The van der Waals surface area contributed by atoms with Gasteiger partial charge in [-0.05, 0) is 104 Å². The lowest BCUT2D eigenvalue weighted by Crippen LogP contribution is -2.43. The Labute approximate surface area is 236 Å². The van der Waals surface area contributed by atoms with Crippen molar-refractivity contribution in [3.63, 3.8) is 0 Å². The van der Waals surface area contributed by atoms with Crippen molar-refractivity contribution in [1.82, 2.24) is 4.90 Å². The lowest BCUT2D eigenvalue weighted by atomic mass is 9.91. The third-order valence-corrected chi connectivity index (χ3v) is 8.64. The largest absolute Gasteiger partial charge is 0.497 e. The number of carboxylic acids is 1. The van der Waals surface area contributed by atoms with E-state index in [1.54, 1.807) is 19.2 Å². The van der Waals surface area contributed by atoms with Crippen LogP contribution in [0.15, 0.2) is 60.7 Å². The third kappa shape index (κ3) is 6.67. The first kappa shape index (κ1) is 28.2. The van der Waals surface area contributed by atoms with Gasteiger partial charge in [-0.2, -0.15) is 0 Å². The third-order valence-electron chi connectivity index (χ3n) is 8.64. The van der Waals surface area contributed by atoms with Crippen molar-refractivity contribution in [2.24, 2.45) is 5.92 Å². The second-order valence-corrected chi connectivity index (χ2v) is 11.5. The normalized spacial score (nSPS) is 20.2. The summed E-state index contributed by atoms with van der Waals surface area (Å²) in [6.07, 6.45) is 5.87. The molecule has 1 saturated heterocycles. The Balaban J connectivity index is 1.41. The highest BCUT2D eigenvalue weighted by Gasteiger charge is 2.34. The molecule has 1 saturated carbocycles. The van der Waals surface area contributed by atoms with Crippen LogP contribution in [0.1, 0.15) is 75.0 Å². The van der Waals surface area contributed by atoms with E-state index < -0.39 is 5.97 Å². The molecule has 5 nitrogen and oxygen atoms in total. The molecule has 212 valence electrons. The summed E-state index contributed by atoms with van der Waals surface area (Å²) < 4.78 is 26.7. The first-order valence-corrected chi connectivity index (χ1v) is 14.5. The van der Waals surface area contributed by atoms with E-state index in [0.29, 0.717) is 35.9 Å². The number of nitrogens with zero attached hydrogens (tertiary/aromatic N) is 1. The number of methoxy groups -OCH3 is 1. The number of benzene rings is 3. The number of aliphatic carboxylic acids is 1. The van der Waals surface area contributed by atoms with Gasteiger partial charge in [-0.3, -0.25) is 9.69 Å². The summed E-state index contributed by atoms with van der Waals surface area (Å²) in [4.78, 5) is 14.0. The second-order valence-electron chi connectivity index (χ2n) is 11.5. The summed E-state index contributed by atoms with van der Waals surface area (Å²) in [6.45, 7) is 5.66. The molecule has 40 heavy (non-hydrogen) atoms. The maximum absolute atomic E-state index is 15.1. The van der Waals surface area contributed by atoms with Crippen LogP contribution < -0.4 is 9.47 Å². The molecule has 5 rings (SSSR count). The summed E-state index contributed by atoms with van der Waals surface area (Å²) in [7, 11) is 1.60. The van der Waals surface area contributed by atoms with Crippen LogP contribution in [0, 0.1) is 11.7 Å². The summed E-state index contributed by atoms with van der Waals surface area (Å²) in [5.41, 5.74) is 4.51. The Morgan fingerprint density at radius 2 is 1.75 bits per heavy atom. The molecule has 2 aliphatic rings.